The van der Waals surface area contributed by atoms with E-state index in [1.807, 2.05) is 52.3 Å². The first kappa shape index (κ1) is 24.5. The summed E-state index contributed by atoms with van der Waals surface area (Å²) >= 11 is 0. The third-order valence-electron chi connectivity index (χ3n) is 8.13. The highest BCUT2D eigenvalue weighted by atomic mass is 16.2. The summed E-state index contributed by atoms with van der Waals surface area (Å²) in [4.78, 5) is 43.4. The van der Waals surface area contributed by atoms with E-state index in [-0.39, 0.29) is 29.6 Å². The second-order valence-electron chi connectivity index (χ2n) is 10.5. The molecule has 2 aromatic carbocycles. The molecule has 3 aliphatic rings. The number of para-hydroxylation sites is 1. The van der Waals surface area contributed by atoms with E-state index in [0.29, 0.717) is 18.7 Å². The number of fused-ring (bicyclic) bond motifs is 1. The lowest BCUT2D eigenvalue weighted by atomic mass is 9.77. The molecule has 2 atom stereocenters. The van der Waals surface area contributed by atoms with Crippen molar-refractivity contribution in [2.75, 3.05) is 24.5 Å². The van der Waals surface area contributed by atoms with Crippen LogP contribution < -0.4 is 10.2 Å². The summed E-state index contributed by atoms with van der Waals surface area (Å²) in [6, 6.07) is 15.7. The Balaban J connectivity index is 1.19. The first-order chi connectivity index (χ1) is 17.6. The summed E-state index contributed by atoms with van der Waals surface area (Å²) in [6.45, 7) is 2.77. The lowest BCUT2D eigenvalue weighted by Crippen LogP contribution is -2.45. The second kappa shape index (κ2) is 11.3. The van der Waals surface area contributed by atoms with Crippen LogP contribution in [-0.2, 0) is 22.6 Å². The number of anilines is 1. The number of rotatable bonds is 5. The molecule has 1 saturated heterocycles. The predicted octanol–water partition coefficient (Wildman–Crippen LogP) is 4.71. The van der Waals surface area contributed by atoms with Crippen molar-refractivity contribution in [3.05, 3.63) is 65.2 Å². The molecule has 0 bridgehead atoms. The summed E-state index contributed by atoms with van der Waals surface area (Å²) in [5, 5.41) is 3.08. The van der Waals surface area contributed by atoms with Gasteiger partial charge in [0.2, 0.25) is 11.8 Å². The van der Waals surface area contributed by atoms with Gasteiger partial charge >= 0.3 is 0 Å². The van der Waals surface area contributed by atoms with E-state index in [9.17, 15) is 14.4 Å². The molecule has 1 aliphatic carbocycles. The van der Waals surface area contributed by atoms with Crippen LogP contribution in [0, 0.1) is 11.8 Å². The van der Waals surface area contributed by atoms with Crippen molar-refractivity contribution in [2.45, 2.75) is 64.3 Å². The standard InChI is InChI=1S/C30H37N3O3/c34-28(31-21-22-13-15-24(16-14-22)29(35)32-18-7-1-2-8-19-32)25-10-4-5-11-26(25)30(36)33-20-17-23-9-3-6-12-27(23)33/h3,6,9,12-16,25-26H,1-2,4-5,7-8,10-11,17-21H2,(H,31,34)/t25-,26+/m1/s1. The average Bonchev–Trinajstić information content (AvgIpc) is 3.17. The van der Waals surface area contributed by atoms with Crippen molar-refractivity contribution in [2.24, 2.45) is 11.8 Å². The van der Waals surface area contributed by atoms with E-state index in [1.54, 1.807) is 0 Å². The predicted molar refractivity (Wildman–Crippen MR) is 141 cm³/mol. The van der Waals surface area contributed by atoms with Crippen molar-refractivity contribution >= 4 is 23.4 Å². The van der Waals surface area contributed by atoms with Crippen LogP contribution in [0.5, 0.6) is 0 Å². The maximum atomic E-state index is 13.5. The van der Waals surface area contributed by atoms with Crippen LogP contribution in [0.2, 0.25) is 0 Å². The Morgan fingerprint density at radius 1 is 0.778 bits per heavy atom. The normalized spacial score (nSPS) is 22.0. The number of hydrogen-bond donors (Lipinski definition) is 1. The highest BCUT2D eigenvalue weighted by Gasteiger charge is 2.39. The first-order valence-electron chi connectivity index (χ1n) is 13.7. The van der Waals surface area contributed by atoms with E-state index in [2.05, 4.69) is 11.4 Å². The molecule has 2 fully saturated rings. The summed E-state index contributed by atoms with van der Waals surface area (Å²) in [6.07, 6.45) is 8.90. The Labute approximate surface area is 214 Å². The molecule has 0 aromatic heterocycles. The van der Waals surface area contributed by atoms with E-state index in [0.717, 1.165) is 69.3 Å². The fourth-order valence-corrected chi connectivity index (χ4v) is 6.05. The number of carbonyl (C=O) groups is 3. The van der Waals surface area contributed by atoms with Gasteiger partial charge in [-0.05, 0) is 61.4 Å². The first-order valence-corrected chi connectivity index (χ1v) is 13.7. The molecular weight excluding hydrogens is 450 g/mol. The molecule has 0 radical (unpaired) electrons. The molecule has 5 rings (SSSR count). The van der Waals surface area contributed by atoms with Crippen LogP contribution in [0.15, 0.2) is 48.5 Å². The van der Waals surface area contributed by atoms with E-state index >= 15 is 0 Å². The molecule has 2 aromatic rings. The molecular formula is C30H37N3O3. The highest BCUT2D eigenvalue weighted by Crippen LogP contribution is 2.36. The molecule has 3 amide bonds. The van der Waals surface area contributed by atoms with Crippen molar-refractivity contribution in [1.82, 2.24) is 10.2 Å². The van der Waals surface area contributed by atoms with E-state index < -0.39 is 0 Å². The van der Waals surface area contributed by atoms with Crippen LogP contribution in [0.1, 0.15) is 72.9 Å². The molecule has 6 nitrogen and oxygen atoms in total. The Bertz CT molecular complexity index is 1090. The molecule has 6 heteroatoms. The van der Waals surface area contributed by atoms with Gasteiger partial charge in [-0.25, -0.2) is 0 Å². The monoisotopic (exact) mass is 487 g/mol. The summed E-state index contributed by atoms with van der Waals surface area (Å²) in [5.74, 6) is -0.401. The number of amides is 3. The summed E-state index contributed by atoms with van der Waals surface area (Å²) in [7, 11) is 0. The van der Waals surface area contributed by atoms with Crippen LogP contribution >= 0.6 is 0 Å². The van der Waals surface area contributed by atoms with Crippen LogP contribution in [-0.4, -0.2) is 42.3 Å². The molecule has 0 unspecified atom stereocenters. The smallest absolute Gasteiger partial charge is 0.253 e. The molecule has 1 saturated carbocycles. The third kappa shape index (κ3) is 5.32. The van der Waals surface area contributed by atoms with Gasteiger partial charge in [-0.1, -0.05) is 56.0 Å². The highest BCUT2D eigenvalue weighted by molar-refractivity contribution is 5.99. The van der Waals surface area contributed by atoms with Crippen molar-refractivity contribution in [1.29, 1.82) is 0 Å². The average molecular weight is 488 g/mol. The lowest BCUT2D eigenvalue weighted by molar-refractivity contribution is -0.135. The van der Waals surface area contributed by atoms with Crippen molar-refractivity contribution in [3.8, 4) is 0 Å². The SMILES string of the molecule is O=C(NCc1ccc(C(=O)N2CCCCCC2)cc1)[C@@H]1CCCC[C@@H]1C(=O)N1CCc2ccccc21. The van der Waals surface area contributed by atoms with Gasteiger partial charge in [0.1, 0.15) is 0 Å². The zero-order valence-corrected chi connectivity index (χ0v) is 21.1. The zero-order chi connectivity index (χ0) is 24.9. The van der Waals surface area contributed by atoms with Gasteiger partial charge < -0.3 is 15.1 Å². The number of benzene rings is 2. The maximum Gasteiger partial charge on any atom is 0.253 e. The van der Waals surface area contributed by atoms with Gasteiger partial charge in [0.15, 0.2) is 0 Å². The fraction of sp³-hybridized carbons (Fsp3) is 0.500. The number of carbonyl (C=O) groups excluding carboxylic acids is 3. The summed E-state index contributed by atoms with van der Waals surface area (Å²) in [5.41, 5.74) is 3.88. The Hall–Kier alpha value is -3.15. The quantitative estimate of drug-likeness (QED) is 0.664. The third-order valence-corrected chi connectivity index (χ3v) is 8.13. The molecule has 2 aliphatic heterocycles. The molecule has 190 valence electrons. The Kier molecular flexibility index (Phi) is 7.69. The van der Waals surface area contributed by atoms with Gasteiger partial charge in [-0.3, -0.25) is 14.4 Å². The minimum Gasteiger partial charge on any atom is -0.352 e. The fourth-order valence-electron chi connectivity index (χ4n) is 6.05. The Morgan fingerprint density at radius 3 is 2.22 bits per heavy atom. The van der Waals surface area contributed by atoms with Crippen LogP contribution in [0.4, 0.5) is 5.69 Å². The van der Waals surface area contributed by atoms with Gasteiger partial charge in [0.05, 0.1) is 5.92 Å². The Morgan fingerprint density at radius 2 is 1.47 bits per heavy atom. The number of nitrogens with one attached hydrogen (secondary N) is 1. The van der Waals surface area contributed by atoms with Crippen LogP contribution in [0.3, 0.4) is 0 Å². The van der Waals surface area contributed by atoms with Gasteiger partial charge in [-0.2, -0.15) is 0 Å². The van der Waals surface area contributed by atoms with Crippen LogP contribution in [0.25, 0.3) is 0 Å². The van der Waals surface area contributed by atoms with Crippen molar-refractivity contribution in [3.63, 3.8) is 0 Å². The summed E-state index contributed by atoms with van der Waals surface area (Å²) < 4.78 is 0. The maximum absolute atomic E-state index is 13.5. The topological polar surface area (TPSA) is 69.7 Å². The van der Waals surface area contributed by atoms with E-state index in [1.165, 1.54) is 18.4 Å². The molecule has 2 heterocycles. The van der Waals surface area contributed by atoms with Crippen molar-refractivity contribution < 1.29 is 14.4 Å². The van der Waals surface area contributed by atoms with Gasteiger partial charge in [-0.15, -0.1) is 0 Å². The zero-order valence-electron chi connectivity index (χ0n) is 21.1. The number of hydrogen-bond acceptors (Lipinski definition) is 3. The van der Waals surface area contributed by atoms with Gasteiger partial charge in [0.25, 0.3) is 5.91 Å². The van der Waals surface area contributed by atoms with Gasteiger partial charge in [0, 0.05) is 43.3 Å². The number of nitrogens with zero attached hydrogens (tertiary/aromatic N) is 2. The number of likely N-dealkylation sites (tertiary alicyclic amines) is 1. The molecule has 1 N–H and O–H groups in total. The van der Waals surface area contributed by atoms with E-state index in [4.69, 9.17) is 0 Å². The minimum absolute atomic E-state index is 0.0368. The lowest BCUT2D eigenvalue weighted by Gasteiger charge is -2.32. The largest absolute Gasteiger partial charge is 0.352 e. The second-order valence-corrected chi connectivity index (χ2v) is 10.5. The molecule has 36 heavy (non-hydrogen) atoms. The minimum atomic E-state index is -0.289. The molecule has 0 spiro atoms.